The zero-order valence-electron chi connectivity index (χ0n) is 15.2. The zero-order valence-corrected chi connectivity index (χ0v) is 16.0. The van der Waals surface area contributed by atoms with Crippen LogP contribution in [0, 0.1) is 5.82 Å². The van der Waals surface area contributed by atoms with Gasteiger partial charge < -0.3 is 10.2 Å². The monoisotopic (exact) mass is 397 g/mol. The minimum Gasteiger partial charge on any atom is -0.335 e. The van der Waals surface area contributed by atoms with Crippen LogP contribution in [0.4, 0.5) is 10.1 Å². The number of benzene rings is 2. The summed E-state index contributed by atoms with van der Waals surface area (Å²) in [6, 6.07) is 15.6. The Morgan fingerprint density at radius 3 is 2.43 bits per heavy atom. The number of nitrogens with zero attached hydrogens (tertiary/aromatic N) is 2. The summed E-state index contributed by atoms with van der Waals surface area (Å²) in [6.45, 7) is 2.73. The van der Waals surface area contributed by atoms with Crippen molar-refractivity contribution in [1.82, 2.24) is 9.80 Å². The van der Waals surface area contributed by atoms with Gasteiger partial charge in [0.15, 0.2) is 0 Å². The number of fused-ring (bicyclic) bond motifs is 1. The van der Waals surface area contributed by atoms with Crippen LogP contribution < -0.4 is 5.32 Å². The topological polar surface area (TPSA) is 52.7 Å². The Labute approximate surface area is 166 Å². The molecule has 0 atom stereocenters. The Kier molecular flexibility index (Phi) is 5.36. The third kappa shape index (κ3) is 4.21. The average molecular weight is 397 g/mol. The van der Waals surface area contributed by atoms with Gasteiger partial charge in [0.25, 0.3) is 5.91 Å². The number of amides is 2. The van der Waals surface area contributed by atoms with Gasteiger partial charge in [-0.05, 0) is 41.8 Å². The second-order valence-electron chi connectivity index (χ2n) is 6.77. The van der Waals surface area contributed by atoms with Gasteiger partial charge in [-0.1, -0.05) is 18.2 Å². The first-order valence-corrected chi connectivity index (χ1v) is 9.96. The summed E-state index contributed by atoms with van der Waals surface area (Å²) in [5.41, 5.74) is 0.574. The lowest BCUT2D eigenvalue weighted by Crippen LogP contribution is -2.50. The van der Waals surface area contributed by atoms with Gasteiger partial charge in [-0.15, -0.1) is 11.3 Å². The molecule has 1 aliphatic heterocycles. The molecule has 5 nitrogen and oxygen atoms in total. The summed E-state index contributed by atoms with van der Waals surface area (Å²) >= 11 is 1.52. The first kappa shape index (κ1) is 18.6. The van der Waals surface area contributed by atoms with Crippen LogP contribution in [0.15, 0.2) is 54.6 Å². The van der Waals surface area contributed by atoms with Crippen molar-refractivity contribution in [2.24, 2.45) is 0 Å². The van der Waals surface area contributed by atoms with Crippen molar-refractivity contribution in [1.29, 1.82) is 0 Å². The predicted molar refractivity (Wildman–Crippen MR) is 109 cm³/mol. The lowest BCUT2D eigenvalue weighted by atomic mass is 10.2. The molecule has 4 rings (SSSR count). The normalized spacial score (nSPS) is 15.0. The molecule has 28 heavy (non-hydrogen) atoms. The molecule has 0 saturated carbocycles. The highest BCUT2D eigenvalue weighted by molar-refractivity contribution is 7.20. The van der Waals surface area contributed by atoms with E-state index in [9.17, 15) is 14.0 Å². The maximum absolute atomic E-state index is 12.9. The Morgan fingerprint density at radius 2 is 1.71 bits per heavy atom. The third-order valence-electron chi connectivity index (χ3n) is 4.79. The molecule has 0 radical (unpaired) electrons. The first-order chi connectivity index (χ1) is 13.6. The first-order valence-electron chi connectivity index (χ1n) is 9.14. The number of halogens is 1. The zero-order chi connectivity index (χ0) is 19.5. The Bertz CT molecular complexity index is 961. The summed E-state index contributed by atoms with van der Waals surface area (Å²) in [4.78, 5) is 29.6. The van der Waals surface area contributed by atoms with Crippen LogP contribution >= 0.6 is 11.3 Å². The largest absolute Gasteiger partial charge is 0.335 e. The minimum absolute atomic E-state index is 0.0524. The van der Waals surface area contributed by atoms with Gasteiger partial charge in [0.1, 0.15) is 5.82 Å². The molecule has 7 heteroatoms. The summed E-state index contributed by atoms with van der Waals surface area (Å²) in [7, 11) is 0. The van der Waals surface area contributed by atoms with Gasteiger partial charge in [0.05, 0.1) is 11.4 Å². The number of rotatable bonds is 4. The van der Waals surface area contributed by atoms with E-state index in [1.165, 1.54) is 35.6 Å². The standard InChI is InChI=1S/C21H20FN3O2S/c22-16-5-7-17(8-6-16)23-20(26)14-24-9-11-25(12-10-24)21(27)19-13-15-3-1-2-4-18(15)28-19/h1-8,13H,9-12,14H2,(H,23,26). The third-order valence-corrected chi connectivity index (χ3v) is 5.90. The molecule has 144 valence electrons. The Morgan fingerprint density at radius 1 is 1.00 bits per heavy atom. The van der Waals surface area contributed by atoms with E-state index >= 15 is 0 Å². The van der Waals surface area contributed by atoms with Crippen LogP contribution in [0.5, 0.6) is 0 Å². The molecule has 1 aliphatic rings. The number of piperazine rings is 1. The summed E-state index contributed by atoms with van der Waals surface area (Å²) in [6.07, 6.45) is 0. The number of hydrogen-bond donors (Lipinski definition) is 1. The number of thiophene rings is 1. The molecule has 1 N–H and O–H groups in total. The molecule has 2 heterocycles. The molecule has 2 aromatic carbocycles. The SMILES string of the molecule is O=C(CN1CCN(C(=O)c2cc3ccccc3s2)CC1)Nc1ccc(F)cc1. The highest BCUT2D eigenvalue weighted by atomic mass is 32.1. The average Bonchev–Trinajstić information content (AvgIpc) is 3.14. The molecule has 1 aromatic heterocycles. The van der Waals surface area contributed by atoms with E-state index in [2.05, 4.69) is 5.32 Å². The van der Waals surface area contributed by atoms with Crippen LogP contribution in [0.1, 0.15) is 9.67 Å². The molecular formula is C21H20FN3O2S. The smallest absolute Gasteiger partial charge is 0.264 e. The van der Waals surface area contributed by atoms with Crippen molar-refractivity contribution < 1.29 is 14.0 Å². The van der Waals surface area contributed by atoms with Crippen LogP contribution in [-0.4, -0.2) is 54.3 Å². The van der Waals surface area contributed by atoms with Gasteiger partial charge >= 0.3 is 0 Å². The molecule has 0 unspecified atom stereocenters. The number of nitrogens with one attached hydrogen (secondary N) is 1. The Balaban J connectivity index is 1.29. The van der Waals surface area contributed by atoms with Crippen LogP contribution in [0.3, 0.4) is 0 Å². The summed E-state index contributed by atoms with van der Waals surface area (Å²) in [5.74, 6) is -0.426. The van der Waals surface area contributed by atoms with E-state index in [0.717, 1.165) is 15.0 Å². The van der Waals surface area contributed by atoms with Gasteiger partial charge in [0.2, 0.25) is 5.91 Å². The molecule has 3 aromatic rings. The van der Waals surface area contributed by atoms with Crippen molar-refractivity contribution in [2.45, 2.75) is 0 Å². The second kappa shape index (κ2) is 8.08. The van der Waals surface area contributed by atoms with Gasteiger partial charge in [0, 0.05) is 36.6 Å². The fourth-order valence-electron chi connectivity index (χ4n) is 3.29. The molecule has 1 saturated heterocycles. The van der Waals surface area contributed by atoms with Gasteiger partial charge in [-0.3, -0.25) is 14.5 Å². The lowest BCUT2D eigenvalue weighted by molar-refractivity contribution is -0.117. The fraction of sp³-hybridized carbons (Fsp3) is 0.238. The van der Waals surface area contributed by atoms with Crippen molar-refractivity contribution in [3.63, 3.8) is 0 Å². The van der Waals surface area contributed by atoms with E-state index in [4.69, 9.17) is 0 Å². The maximum atomic E-state index is 12.9. The molecule has 0 spiro atoms. The summed E-state index contributed by atoms with van der Waals surface area (Å²) in [5, 5.41) is 3.85. The van der Waals surface area contributed by atoms with Crippen LogP contribution in [-0.2, 0) is 4.79 Å². The predicted octanol–water partition coefficient (Wildman–Crippen LogP) is 3.44. The van der Waals surface area contributed by atoms with Crippen LogP contribution in [0.2, 0.25) is 0 Å². The molecule has 2 amide bonds. The van der Waals surface area contributed by atoms with E-state index in [0.29, 0.717) is 31.9 Å². The van der Waals surface area contributed by atoms with E-state index < -0.39 is 0 Å². The number of carbonyl (C=O) groups excluding carboxylic acids is 2. The number of hydrogen-bond acceptors (Lipinski definition) is 4. The Hall–Kier alpha value is -2.77. The van der Waals surface area contributed by atoms with E-state index in [1.54, 1.807) is 0 Å². The molecule has 0 aliphatic carbocycles. The highest BCUT2D eigenvalue weighted by Crippen LogP contribution is 2.26. The lowest BCUT2D eigenvalue weighted by Gasteiger charge is -2.34. The molecule has 0 bridgehead atoms. The second-order valence-corrected chi connectivity index (χ2v) is 7.86. The van der Waals surface area contributed by atoms with Crippen LogP contribution in [0.25, 0.3) is 10.1 Å². The van der Waals surface area contributed by atoms with Crippen molar-refractivity contribution in [3.8, 4) is 0 Å². The number of anilines is 1. The highest BCUT2D eigenvalue weighted by Gasteiger charge is 2.24. The van der Waals surface area contributed by atoms with Crippen molar-refractivity contribution in [2.75, 3.05) is 38.0 Å². The number of carbonyl (C=O) groups is 2. The van der Waals surface area contributed by atoms with Gasteiger partial charge in [-0.2, -0.15) is 0 Å². The minimum atomic E-state index is -0.336. The molecule has 1 fully saturated rings. The van der Waals surface area contributed by atoms with E-state index in [1.807, 2.05) is 40.1 Å². The van der Waals surface area contributed by atoms with E-state index in [-0.39, 0.29) is 24.2 Å². The maximum Gasteiger partial charge on any atom is 0.264 e. The van der Waals surface area contributed by atoms with Gasteiger partial charge in [-0.25, -0.2) is 4.39 Å². The quantitative estimate of drug-likeness (QED) is 0.734. The summed E-state index contributed by atoms with van der Waals surface area (Å²) < 4.78 is 14.0. The fourth-order valence-corrected chi connectivity index (χ4v) is 4.32. The van der Waals surface area contributed by atoms with Crippen molar-refractivity contribution >= 4 is 38.9 Å². The van der Waals surface area contributed by atoms with Crippen molar-refractivity contribution in [3.05, 3.63) is 65.3 Å². The molecular weight excluding hydrogens is 377 g/mol.